The van der Waals surface area contributed by atoms with E-state index in [0.29, 0.717) is 29.8 Å². The van der Waals surface area contributed by atoms with E-state index >= 15 is 0 Å². The molecule has 0 spiro atoms. The maximum atomic E-state index is 12.8. The van der Waals surface area contributed by atoms with Crippen molar-refractivity contribution in [2.45, 2.75) is 19.3 Å². The molecule has 5 heteroatoms. The largest absolute Gasteiger partial charge is 0.481 e. The second-order valence-electron chi connectivity index (χ2n) is 3.47. The Bertz CT molecular complexity index is 521. The van der Waals surface area contributed by atoms with E-state index in [1.165, 1.54) is 18.2 Å². The molecule has 0 radical (unpaired) electrons. The van der Waals surface area contributed by atoms with Gasteiger partial charge in [0.1, 0.15) is 11.3 Å². The van der Waals surface area contributed by atoms with Crippen LogP contribution >= 0.6 is 0 Å². The summed E-state index contributed by atoms with van der Waals surface area (Å²) in [5, 5.41) is 8.47. The fraction of sp³-hybridized carbons (Fsp3) is 0.273. The highest BCUT2D eigenvalue weighted by Crippen LogP contribution is 2.17. The molecule has 2 rings (SSSR count). The third kappa shape index (κ3) is 2.36. The Hall–Kier alpha value is -1.91. The molecule has 0 unspecified atom stereocenters. The molecule has 84 valence electrons. The van der Waals surface area contributed by atoms with Gasteiger partial charge in [-0.15, -0.1) is 0 Å². The standard InChI is InChI=1S/C11H10FNO3/c12-7-4-5-8-9(6-7)16-10(13-8)2-1-3-11(14)15/h4-6H,1-3H2,(H,14,15). The van der Waals surface area contributed by atoms with Crippen molar-refractivity contribution in [3.05, 3.63) is 29.9 Å². The van der Waals surface area contributed by atoms with Gasteiger partial charge in [0, 0.05) is 18.9 Å². The van der Waals surface area contributed by atoms with Gasteiger partial charge in [-0.3, -0.25) is 4.79 Å². The number of nitrogens with zero attached hydrogens (tertiary/aromatic N) is 1. The highest BCUT2D eigenvalue weighted by molar-refractivity contribution is 5.72. The van der Waals surface area contributed by atoms with Gasteiger partial charge in [-0.2, -0.15) is 0 Å². The number of oxazole rings is 1. The van der Waals surface area contributed by atoms with Crippen LogP contribution < -0.4 is 0 Å². The number of carbonyl (C=O) groups is 1. The summed E-state index contributed by atoms with van der Waals surface area (Å²) < 4.78 is 18.1. The molecule has 0 saturated carbocycles. The summed E-state index contributed by atoms with van der Waals surface area (Å²) in [6.07, 6.45) is 0.986. The molecule has 1 aromatic heterocycles. The van der Waals surface area contributed by atoms with Gasteiger partial charge in [0.15, 0.2) is 11.5 Å². The zero-order chi connectivity index (χ0) is 11.5. The molecule has 0 aliphatic heterocycles. The molecular formula is C11H10FNO3. The molecular weight excluding hydrogens is 213 g/mol. The van der Waals surface area contributed by atoms with Crippen LogP contribution in [0.25, 0.3) is 11.1 Å². The fourth-order valence-electron chi connectivity index (χ4n) is 1.44. The van der Waals surface area contributed by atoms with E-state index in [0.717, 1.165) is 0 Å². The Morgan fingerprint density at radius 1 is 1.50 bits per heavy atom. The van der Waals surface area contributed by atoms with Crippen LogP contribution in [0.2, 0.25) is 0 Å². The summed E-state index contributed by atoms with van der Waals surface area (Å²) in [6.45, 7) is 0. The van der Waals surface area contributed by atoms with Crippen LogP contribution in [-0.2, 0) is 11.2 Å². The number of carboxylic acid groups (broad SMARTS) is 1. The smallest absolute Gasteiger partial charge is 0.303 e. The topological polar surface area (TPSA) is 63.3 Å². The highest BCUT2D eigenvalue weighted by Gasteiger charge is 2.07. The molecule has 1 aromatic carbocycles. The number of hydrogen-bond donors (Lipinski definition) is 1. The minimum atomic E-state index is -0.845. The molecule has 0 aliphatic rings. The molecule has 0 saturated heterocycles. The Morgan fingerprint density at radius 3 is 3.06 bits per heavy atom. The summed E-state index contributed by atoms with van der Waals surface area (Å²) in [5.41, 5.74) is 0.983. The van der Waals surface area contributed by atoms with Crippen molar-refractivity contribution in [2.75, 3.05) is 0 Å². The van der Waals surface area contributed by atoms with E-state index in [2.05, 4.69) is 4.98 Å². The van der Waals surface area contributed by atoms with E-state index < -0.39 is 5.97 Å². The second kappa shape index (κ2) is 4.30. The van der Waals surface area contributed by atoms with E-state index in [9.17, 15) is 9.18 Å². The van der Waals surface area contributed by atoms with Crippen LogP contribution in [0.1, 0.15) is 18.7 Å². The van der Waals surface area contributed by atoms with Gasteiger partial charge in [-0.05, 0) is 18.6 Å². The average Bonchev–Trinajstić information content (AvgIpc) is 2.58. The van der Waals surface area contributed by atoms with E-state index in [1.807, 2.05) is 0 Å². The lowest BCUT2D eigenvalue weighted by molar-refractivity contribution is -0.137. The molecule has 2 aromatic rings. The van der Waals surface area contributed by atoms with Crippen LogP contribution in [-0.4, -0.2) is 16.1 Å². The predicted molar refractivity (Wildman–Crippen MR) is 54.5 cm³/mol. The lowest BCUT2D eigenvalue weighted by atomic mass is 10.2. The molecule has 0 amide bonds. The zero-order valence-corrected chi connectivity index (χ0v) is 8.44. The highest BCUT2D eigenvalue weighted by atomic mass is 19.1. The first-order chi connectivity index (χ1) is 7.65. The van der Waals surface area contributed by atoms with Crippen molar-refractivity contribution in [1.82, 2.24) is 4.98 Å². The molecule has 16 heavy (non-hydrogen) atoms. The normalized spacial score (nSPS) is 10.8. The van der Waals surface area contributed by atoms with Gasteiger partial charge in [-0.1, -0.05) is 0 Å². The first-order valence-electron chi connectivity index (χ1n) is 4.92. The maximum Gasteiger partial charge on any atom is 0.303 e. The SMILES string of the molecule is O=C(O)CCCc1nc2ccc(F)cc2o1. The summed E-state index contributed by atoms with van der Waals surface area (Å²) in [6, 6.07) is 4.11. The molecule has 1 N–H and O–H groups in total. The Kier molecular flexibility index (Phi) is 2.85. The van der Waals surface area contributed by atoms with Crippen LogP contribution in [0.5, 0.6) is 0 Å². The van der Waals surface area contributed by atoms with E-state index in [-0.39, 0.29) is 12.2 Å². The number of aliphatic carboxylic acids is 1. The summed E-state index contributed by atoms with van der Waals surface area (Å²) >= 11 is 0. The average molecular weight is 223 g/mol. The number of aryl methyl sites for hydroxylation is 1. The van der Waals surface area contributed by atoms with Gasteiger partial charge < -0.3 is 9.52 Å². The third-order valence-electron chi connectivity index (χ3n) is 2.18. The number of benzene rings is 1. The van der Waals surface area contributed by atoms with Crippen LogP contribution in [0, 0.1) is 5.82 Å². The molecule has 1 heterocycles. The number of halogens is 1. The van der Waals surface area contributed by atoms with Crippen molar-refractivity contribution in [3.63, 3.8) is 0 Å². The maximum absolute atomic E-state index is 12.8. The molecule has 4 nitrogen and oxygen atoms in total. The molecule has 0 fully saturated rings. The molecule has 0 aliphatic carbocycles. The number of aromatic nitrogens is 1. The van der Waals surface area contributed by atoms with Crippen molar-refractivity contribution >= 4 is 17.1 Å². The first kappa shape index (κ1) is 10.6. The summed E-state index contributed by atoms with van der Waals surface area (Å²) in [7, 11) is 0. The summed E-state index contributed by atoms with van der Waals surface area (Å²) in [4.78, 5) is 14.4. The molecule has 0 atom stereocenters. The van der Waals surface area contributed by atoms with Crippen molar-refractivity contribution < 1.29 is 18.7 Å². The lowest BCUT2D eigenvalue weighted by Gasteiger charge is -1.91. The fourth-order valence-corrected chi connectivity index (χ4v) is 1.44. The van der Waals surface area contributed by atoms with Gasteiger partial charge >= 0.3 is 5.97 Å². The number of carboxylic acids is 1. The Balaban J connectivity index is 2.10. The van der Waals surface area contributed by atoms with Gasteiger partial charge in [0.05, 0.1) is 0 Å². The molecule has 0 bridgehead atoms. The second-order valence-corrected chi connectivity index (χ2v) is 3.47. The van der Waals surface area contributed by atoms with Crippen LogP contribution in [0.15, 0.2) is 22.6 Å². The summed E-state index contributed by atoms with van der Waals surface area (Å²) in [5.74, 6) is -0.773. The minimum absolute atomic E-state index is 0.0765. The van der Waals surface area contributed by atoms with Crippen LogP contribution in [0.3, 0.4) is 0 Å². The monoisotopic (exact) mass is 223 g/mol. The van der Waals surface area contributed by atoms with Crippen molar-refractivity contribution in [3.8, 4) is 0 Å². The van der Waals surface area contributed by atoms with Gasteiger partial charge in [0.25, 0.3) is 0 Å². The third-order valence-corrected chi connectivity index (χ3v) is 2.18. The van der Waals surface area contributed by atoms with Crippen molar-refractivity contribution in [1.29, 1.82) is 0 Å². The number of rotatable bonds is 4. The number of fused-ring (bicyclic) bond motifs is 1. The lowest BCUT2D eigenvalue weighted by Crippen LogP contribution is -1.95. The Morgan fingerprint density at radius 2 is 2.31 bits per heavy atom. The zero-order valence-electron chi connectivity index (χ0n) is 8.44. The number of hydrogen-bond acceptors (Lipinski definition) is 3. The van der Waals surface area contributed by atoms with Gasteiger partial charge in [-0.25, -0.2) is 9.37 Å². The van der Waals surface area contributed by atoms with E-state index in [1.54, 1.807) is 0 Å². The Labute approximate surface area is 90.7 Å². The predicted octanol–water partition coefficient (Wildman–Crippen LogP) is 2.37. The van der Waals surface area contributed by atoms with Gasteiger partial charge in [0.2, 0.25) is 0 Å². The minimum Gasteiger partial charge on any atom is -0.481 e. The first-order valence-corrected chi connectivity index (χ1v) is 4.92. The van der Waals surface area contributed by atoms with Crippen molar-refractivity contribution in [2.24, 2.45) is 0 Å². The quantitative estimate of drug-likeness (QED) is 0.864. The van der Waals surface area contributed by atoms with Crippen LogP contribution in [0.4, 0.5) is 4.39 Å². The van der Waals surface area contributed by atoms with E-state index in [4.69, 9.17) is 9.52 Å².